The summed E-state index contributed by atoms with van der Waals surface area (Å²) in [5.41, 5.74) is 3.26. The Morgan fingerprint density at radius 2 is 1.87 bits per heavy atom. The molecule has 1 saturated heterocycles. The number of rotatable bonds is 2. The van der Waals surface area contributed by atoms with Crippen LogP contribution in [0.2, 0.25) is 0 Å². The minimum Gasteiger partial charge on any atom is -0.324 e. The molecule has 2 aromatic heterocycles. The van der Waals surface area contributed by atoms with E-state index in [-0.39, 0.29) is 17.2 Å². The lowest BCUT2D eigenvalue weighted by molar-refractivity contribution is -0.147. The number of imidazole rings is 1. The van der Waals surface area contributed by atoms with Crippen molar-refractivity contribution in [2.45, 2.75) is 38.9 Å². The van der Waals surface area contributed by atoms with E-state index in [0.29, 0.717) is 25.9 Å². The fraction of sp³-hybridized carbons (Fsp3) is 0.381. The van der Waals surface area contributed by atoms with Crippen LogP contribution in [0.3, 0.4) is 0 Å². The summed E-state index contributed by atoms with van der Waals surface area (Å²) in [6, 6.07) is 8.11. The minimum absolute atomic E-state index is 0.222. The minimum atomic E-state index is -4.57. The number of carbonyl (C=O) groups is 1. The summed E-state index contributed by atoms with van der Waals surface area (Å²) < 4.78 is 41.9. The van der Waals surface area contributed by atoms with Crippen molar-refractivity contribution in [3.63, 3.8) is 0 Å². The van der Waals surface area contributed by atoms with Crippen LogP contribution in [-0.2, 0) is 6.18 Å². The maximum absolute atomic E-state index is 13.6. The molecule has 3 heterocycles. The third-order valence-electron chi connectivity index (χ3n) is 5.67. The van der Waals surface area contributed by atoms with E-state index < -0.39 is 18.0 Å². The van der Waals surface area contributed by atoms with Crippen LogP contribution >= 0.6 is 0 Å². The molecule has 1 aliphatic rings. The molecule has 0 spiro atoms. The van der Waals surface area contributed by atoms with Crippen molar-refractivity contribution < 1.29 is 18.0 Å². The number of alkyl halides is 3. The summed E-state index contributed by atoms with van der Waals surface area (Å²) in [4.78, 5) is 22.2. The summed E-state index contributed by atoms with van der Waals surface area (Å²) in [5, 5.41) is 2.91. The van der Waals surface area contributed by atoms with Gasteiger partial charge < -0.3 is 14.8 Å². The summed E-state index contributed by atoms with van der Waals surface area (Å²) in [6.07, 6.45) is -2.32. The number of halogens is 3. The number of urea groups is 1. The van der Waals surface area contributed by atoms with Gasteiger partial charge in [-0.15, -0.1) is 0 Å². The first-order chi connectivity index (χ1) is 14.3. The van der Waals surface area contributed by atoms with Gasteiger partial charge in [0.05, 0.1) is 0 Å². The molecule has 2 amide bonds. The zero-order valence-corrected chi connectivity index (χ0v) is 16.7. The number of aromatic nitrogens is 3. The van der Waals surface area contributed by atoms with Gasteiger partial charge in [-0.3, -0.25) is 0 Å². The Morgan fingerprint density at radius 3 is 2.57 bits per heavy atom. The lowest BCUT2D eigenvalue weighted by Gasteiger charge is -2.33. The van der Waals surface area contributed by atoms with Gasteiger partial charge in [0.1, 0.15) is 5.52 Å². The number of piperidine rings is 1. The molecule has 1 N–H and O–H groups in total. The molecule has 1 fully saturated rings. The highest BCUT2D eigenvalue weighted by Crippen LogP contribution is 2.36. The van der Waals surface area contributed by atoms with Gasteiger partial charge in [-0.1, -0.05) is 12.1 Å². The van der Waals surface area contributed by atoms with E-state index in [0.717, 1.165) is 16.8 Å². The maximum Gasteiger partial charge on any atom is 0.449 e. The van der Waals surface area contributed by atoms with Crippen molar-refractivity contribution in [1.82, 2.24) is 19.4 Å². The third-order valence-corrected chi connectivity index (χ3v) is 5.67. The number of benzene rings is 1. The molecule has 0 aliphatic carbocycles. The second-order valence-electron chi connectivity index (χ2n) is 7.55. The van der Waals surface area contributed by atoms with E-state index in [9.17, 15) is 18.0 Å². The summed E-state index contributed by atoms with van der Waals surface area (Å²) >= 11 is 0. The largest absolute Gasteiger partial charge is 0.449 e. The monoisotopic (exact) mass is 417 g/mol. The van der Waals surface area contributed by atoms with Gasteiger partial charge in [-0.05, 0) is 56.0 Å². The Labute approximate surface area is 171 Å². The molecule has 0 atom stereocenters. The van der Waals surface area contributed by atoms with E-state index in [1.807, 2.05) is 32.0 Å². The van der Waals surface area contributed by atoms with Gasteiger partial charge in [0.15, 0.2) is 5.65 Å². The van der Waals surface area contributed by atoms with E-state index in [2.05, 4.69) is 15.3 Å². The maximum atomic E-state index is 13.6. The van der Waals surface area contributed by atoms with E-state index in [1.54, 1.807) is 11.0 Å². The predicted molar refractivity (Wildman–Crippen MR) is 107 cm³/mol. The molecule has 0 unspecified atom stereocenters. The summed E-state index contributed by atoms with van der Waals surface area (Å²) in [7, 11) is 0. The van der Waals surface area contributed by atoms with E-state index >= 15 is 0 Å². The number of anilines is 1. The van der Waals surface area contributed by atoms with E-state index in [1.165, 1.54) is 16.8 Å². The fourth-order valence-electron chi connectivity index (χ4n) is 3.88. The highest BCUT2D eigenvalue weighted by molar-refractivity contribution is 5.90. The number of amides is 2. The zero-order chi connectivity index (χ0) is 21.5. The van der Waals surface area contributed by atoms with Gasteiger partial charge in [0.2, 0.25) is 5.82 Å². The Morgan fingerprint density at radius 1 is 1.13 bits per heavy atom. The lowest BCUT2D eigenvalue weighted by atomic mass is 10.0. The molecule has 4 rings (SSSR count). The Balaban J connectivity index is 1.51. The molecule has 0 radical (unpaired) electrons. The van der Waals surface area contributed by atoms with Crippen LogP contribution in [0.15, 0.2) is 36.5 Å². The number of carbonyl (C=O) groups excluding carboxylic acids is 1. The predicted octanol–water partition coefficient (Wildman–Crippen LogP) is 4.94. The van der Waals surface area contributed by atoms with Crippen molar-refractivity contribution in [1.29, 1.82) is 0 Å². The van der Waals surface area contributed by atoms with Gasteiger partial charge in [-0.25, -0.2) is 14.8 Å². The second-order valence-corrected chi connectivity index (χ2v) is 7.55. The number of hydrogen-bond donors (Lipinski definition) is 1. The molecule has 0 saturated carbocycles. The first-order valence-electron chi connectivity index (χ1n) is 9.78. The molecule has 30 heavy (non-hydrogen) atoms. The lowest BCUT2D eigenvalue weighted by Crippen LogP contribution is -2.42. The number of nitrogens with zero attached hydrogens (tertiary/aromatic N) is 4. The second kappa shape index (κ2) is 7.62. The van der Waals surface area contributed by atoms with Crippen molar-refractivity contribution in [3.05, 3.63) is 53.5 Å². The van der Waals surface area contributed by atoms with Crippen LogP contribution in [0, 0.1) is 13.8 Å². The van der Waals surface area contributed by atoms with Crippen molar-refractivity contribution >= 4 is 22.9 Å². The van der Waals surface area contributed by atoms with Gasteiger partial charge >= 0.3 is 12.2 Å². The number of fused-ring (bicyclic) bond motifs is 1. The number of pyridine rings is 1. The van der Waals surface area contributed by atoms with Gasteiger partial charge in [-0.2, -0.15) is 13.2 Å². The Kier molecular flexibility index (Phi) is 5.13. The molecule has 158 valence electrons. The fourth-order valence-corrected chi connectivity index (χ4v) is 3.88. The quantitative estimate of drug-likeness (QED) is 0.643. The third kappa shape index (κ3) is 3.71. The smallest absolute Gasteiger partial charge is 0.324 e. The van der Waals surface area contributed by atoms with Crippen molar-refractivity contribution in [2.75, 3.05) is 18.4 Å². The molecule has 6 nitrogen and oxygen atoms in total. The summed E-state index contributed by atoms with van der Waals surface area (Å²) in [5.74, 6) is -0.936. The first kappa shape index (κ1) is 20.2. The van der Waals surface area contributed by atoms with Crippen LogP contribution in [0.1, 0.15) is 35.8 Å². The van der Waals surface area contributed by atoms with Crippen LogP contribution < -0.4 is 5.32 Å². The normalized spacial score (nSPS) is 15.6. The number of likely N-dealkylation sites (tertiary alicyclic amines) is 1. The first-order valence-corrected chi connectivity index (χ1v) is 9.78. The Bertz CT molecular complexity index is 1080. The molecular formula is C21H22F3N5O. The van der Waals surface area contributed by atoms with Gasteiger partial charge in [0.25, 0.3) is 0 Å². The number of nitrogens with one attached hydrogen (secondary N) is 1. The highest BCUT2D eigenvalue weighted by atomic mass is 19.4. The standard InChI is InChI=1S/C21H22F3N5O/c1-13-5-3-6-16(14(13)2)27-20(30)28-11-8-15(9-12-28)29-18-17(7-4-10-25-18)26-19(29)21(22,23)24/h3-7,10,15H,8-9,11-12H2,1-2H3,(H,27,30). The van der Waals surface area contributed by atoms with Crippen molar-refractivity contribution in [2.24, 2.45) is 0 Å². The summed E-state index contributed by atoms with van der Waals surface area (Å²) in [6.45, 7) is 4.61. The molecule has 0 bridgehead atoms. The average molecular weight is 417 g/mol. The molecular weight excluding hydrogens is 395 g/mol. The highest BCUT2D eigenvalue weighted by Gasteiger charge is 2.40. The van der Waals surface area contributed by atoms with Crippen molar-refractivity contribution in [3.8, 4) is 0 Å². The molecule has 3 aromatic rings. The topological polar surface area (TPSA) is 63.1 Å². The molecule has 1 aromatic carbocycles. The van der Waals surface area contributed by atoms with E-state index in [4.69, 9.17) is 0 Å². The average Bonchev–Trinajstić information content (AvgIpc) is 3.12. The van der Waals surface area contributed by atoms with Crippen LogP contribution in [0.4, 0.5) is 23.7 Å². The van der Waals surface area contributed by atoms with Crippen LogP contribution in [-0.4, -0.2) is 38.6 Å². The zero-order valence-electron chi connectivity index (χ0n) is 16.7. The molecule has 1 aliphatic heterocycles. The SMILES string of the molecule is Cc1cccc(NC(=O)N2CCC(n3c(C(F)(F)F)nc4cccnc43)CC2)c1C. The number of hydrogen-bond acceptors (Lipinski definition) is 3. The number of aryl methyl sites for hydroxylation is 1. The van der Waals surface area contributed by atoms with Gasteiger partial charge in [0, 0.05) is 31.0 Å². The Hall–Kier alpha value is -3.10. The molecule has 9 heteroatoms. The van der Waals surface area contributed by atoms with Crippen LogP contribution in [0.25, 0.3) is 11.2 Å². The van der Waals surface area contributed by atoms with Crippen LogP contribution in [0.5, 0.6) is 0 Å².